The van der Waals surface area contributed by atoms with E-state index in [0.29, 0.717) is 4.83 Å². The maximum absolute atomic E-state index is 4.93. The molecule has 122 valence electrons. The summed E-state index contributed by atoms with van der Waals surface area (Å²) in [6, 6.07) is 25.2. The molecule has 1 atom stereocenters. The maximum atomic E-state index is 4.93. The van der Waals surface area contributed by atoms with Gasteiger partial charge in [0.05, 0.1) is 11.4 Å². The Hall–Kier alpha value is -2.45. The molecule has 2 aromatic carbocycles. The molecule has 1 aromatic heterocycles. The number of allylic oxidation sites excluding steroid dienone is 4. The summed E-state index contributed by atoms with van der Waals surface area (Å²) in [5, 5.41) is 0. The molecule has 3 aromatic rings. The second kappa shape index (κ2) is 7.20. The van der Waals surface area contributed by atoms with Crippen molar-refractivity contribution in [3.63, 3.8) is 0 Å². The van der Waals surface area contributed by atoms with Crippen LogP contribution < -0.4 is 0 Å². The average Bonchev–Trinajstić information content (AvgIpc) is 2.69. The van der Waals surface area contributed by atoms with Crippen molar-refractivity contribution in [3.05, 3.63) is 96.6 Å². The van der Waals surface area contributed by atoms with Gasteiger partial charge in [-0.25, -0.2) is 4.98 Å². The standard InChI is InChI=1S/C23H18BrN/c24-21-13-7-12-19(14-21)20-15-22(17-8-3-1-4-9-17)25-23(16-20)18-10-5-2-6-11-18/h1-13,15-16,21H,14H2. The summed E-state index contributed by atoms with van der Waals surface area (Å²) >= 11 is 3.71. The van der Waals surface area contributed by atoms with Crippen LogP contribution in [0, 0.1) is 0 Å². The summed E-state index contributed by atoms with van der Waals surface area (Å²) in [4.78, 5) is 5.32. The highest BCUT2D eigenvalue weighted by molar-refractivity contribution is 9.09. The zero-order valence-corrected chi connectivity index (χ0v) is 15.4. The SMILES string of the molecule is BrC1C=CC=C(c2cc(-c3ccccc3)nc(-c3ccccc3)c2)C1. The number of nitrogens with zero attached hydrogens (tertiary/aromatic N) is 1. The molecule has 0 fully saturated rings. The van der Waals surface area contributed by atoms with E-state index >= 15 is 0 Å². The molecule has 1 nitrogen and oxygen atoms in total. The Bertz CT molecular complexity index is 869. The van der Waals surface area contributed by atoms with Gasteiger partial charge in [-0.1, -0.05) is 94.8 Å². The summed E-state index contributed by atoms with van der Waals surface area (Å²) in [5.74, 6) is 0. The summed E-state index contributed by atoms with van der Waals surface area (Å²) in [6.07, 6.45) is 7.50. The number of alkyl halides is 1. The van der Waals surface area contributed by atoms with Gasteiger partial charge in [0.2, 0.25) is 0 Å². The van der Waals surface area contributed by atoms with Crippen LogP contribution in [0.15, 0.2) is 91.0 Å². The minimum Gasteiger partial charge on any atom is -0.248 e. The Morgan fingerprint density at radius 1 is 0.760 bits per heavy atom. The van der Waals surface area contributed by atoms with Crippen molar-refractivity contribution in [1.82, 2.24) is 4.98 Å². The lowest BCUT2D eigenvalue weighted by Crippen LogP contribution is -2.01. The first-order valence-electron chi connectivity index (χ1n) is 8.44. The molecule has 0 aliphatic heterocycles. The fourth-order valence-electron chi connectivity index (χ4n) is 3.08. The Balaban J connectivity index is 1.87. The first kappa shape index (κ1) is 16.0. The quantitative estimate of drug-likeness (QED) is 0.466. The van der Waals surface area contributed by atoms with Crippen LogP contribution in [0.2, 0.25) is 0 Å². The van der Waals surface area contributed by atoms with E-state index in [1.165, 1.54) is 11.1 Å². The van der Waals surface area contributed by atoms with Gasteiger partial charge in [0.25, 0.3) is 0 Å². The van der Waals surface area contributed by atoms with Gasteiger partial charge in [0.1, 0.15) is 0 Å². The second-order valence-electron chi connectivity index (χ2n) is 6.16. The molecule has 0 bridgehead atoms. The lowest BCUT2D eigenvalue weighted by Gasteiger charge is -2.16. The molecule has 0 amide bonds. The van der Waals surface area contributed by atoms with E-state index in [9.17, 15) is 0 Å². The number of hydrogen-bond donors (Lipinski definition) is 0. The van der Waals surface area contributed by atoms with Crippen LogP contribution in [0.4, 0.5) is 0 Å². The predicted octanol–water partition coefficient (Wildman–Crippen LogP) is 6.52. The summed E-state index contributed by atoms with van der Waals surface area (Å²) < 4.78 is 0. The van der Waals surface area contributed by atoms with E-state index in [1.54, 1.807) is 0 Å². The predicted molar refractivity (Wildman–Crippen MR) is 110 cm³/mol. The highest BCUT2D eigenvalue weighted by atomic mass is 79.9. The third-order valence-electron chi connectivity index (χ3n) is 4.37. The van der Waals surface area contributed by atoms with Gasteiger partial charge in [-0.2, -0.15) is 0 Å². The van der Waals surface area contributed by atoms with Crippen LogP contribution >= 0.6 is 15.9 Å². The van der Waals surface area contributed by atoms with E-state index in [4.69, 9.17) is 4.98 Å². The van der Waals surface area contributed by atoms with Crippen LogP contribution in [0.1, 0.15) is 12.0 Å². The smallest absolute Gasteiger partial charge is 0.0715 e. The molecule has 1 heterocycles. The number of hydrogen-bond acceptors (Lipinski definition) is 1. The third kappa shape index (κ3) is 3.64. The van der Waals surface area contributed by atoms with E-state index in [-0.39, 0.29) is 0 Å². The van der Waals surface area contributed by atoms with Gasteiger partial charge in [0, 0.05) is 16.0 Å². The number of halogens is 1. The normalized spacial score (nSPS) is 16.5. The third-order valence-corrected chi connectivity index (χ3v) is 5.00. The molecule has 0 saturated carbocycles. The maximum Gasteiger partial charge on any atom is 0.0715 e. The van der Waals surface area contributed by atoms with Crippen molar-refractivity contribution in [1.29, 1.82) is 0 Å². The van der Waals surface area contributed by atoms with Gasteiger partial charge >= 0.3 is 0 Å². The van der Waals surface area contributed by atoms with Crippen LogP contribution in [0.25, 0.3) is 28.1 Å². The number of rotatable bonds is 3. The van der Waals surface area contributed by atoms with Crippen molar-refractivity contribution < 1.29 is 0 Å². The number of benzene rings is 2. The number of aromatic nitrogens is 1. The topological polar surface area (TPSA) is 12.9 Å². The minimum atomic E-state index is 0.390. The highest BCUT2D eigenvalue weighted by Gasteiger charge is 2.13. The highest BCUT2D eigenvalue weighted by Crippen LogP contribution is 2.32. The summed E-state index contributed by atoms with van der Waals surface area (Å²) in [5.41, 5.74) is 6.88. The Morgan fingerprint density at radius 2 is 1.32 bits per heavy atom. The summed E-state index contributed by atoms with van der Waals surface area (Å²) in [6.45, 7) is 0. The van der Waals surface area contributed by atoms with Gasteiger partial charge in [-0.15, -0.1) is 0 Å². The Morgan fingerprint density at radius 3 is 1.84 bits per heavy atom. The molecule has 0 radical (unpaired) electrons. The van der Waals surface area contributed by atoms with Gasteiger partial charge < -0.3 is 0 Å². The molecule has 0 saturated heterocycles. The van der Waals surface area contributed by atoms with E-state index < -0.39 is 0 Å². The van der Waals surface area contributed by atoms with Crippen molar-refractivity contribution in [3.8, 4) is 22.5 Å². The summed E-state index contributed by atoms with van der Waals surface area (Å²) in [7, 11) is 0. The fraction of sp³-hybridized carbons (Fsp3) is 0.0870. The molecule has 25 heavy (non-hydrogen) atoms. The molecule has 1 aliphatic carbocycles. The molecule has 0 N–H and O–H groups in total. The first-order valence-corrected chi connectivity index (χ1v) is 9.36. The van der Waals surface area contributed by atoms with Gasteiger partial charge in [-0.05, 0) is 29.7 Å². The van der Waals surface area contributed by atoms with Crippen LogP contribution in [-0.2, 0) is 0 Å². The molecule has 1 aliphatic rings. The largest absolute Gasteiger partial charge is 0.248 e. The van der Waals surface area contributed by atoms with Crippen LogP contribution in [0.3, 0.4) is 0 Å². The number of pyridine rings is 1. The monoisotopic (exact) mass is 387 g/mol. The van der Waals surface area contributed by atoms with Crippen LogP contribution in [-0.4, -0.2) is 9.81 Å². The molecule has 2 heteroatoms. The molecular formula is C23H18BrN. The van der Waals surface area contributed by atoms with Gasteiger partial charge in [-0.3, -0.25) is 0 Å². The van der Waals surface area contributed by atoms with E-state index in [0.717, 1.165) is 28.9 Å². The van der Waals surface area contributed by atoms with Crippen molar-refractivity contribution >= 4 is 21.5 Å². The molecule has 0 spiro atoms. The fourth-order valence-corrected chi connectivity index (χ4v) is 3.61. The lowest BCUT2D eigenvalue weighted by molar-refractivity contribution is 1.09. The minimum absolute atomic E-state index is 0.390. The average molecular weight is 388 g/mol. The Kier molecular flexibility index (Phi) is 4.62. The van der Waals surface area contributed by atoms with Crippen LogP contribution in [0.5, 0.6) is 0 Å². The van der Waals surface area contributed by atoms with E-state index in [1.807, 2.05) is 12.1 Å². The molecule has 1 unspecified atom stereocenters. The van der Waals surface area contributed by atoms with E-state index in [2.05, 4.69) is 94.8 Å². The van der Waals surface area contributed by atoms with Gasteiger partial charge in [0.15, 0.2) is 0 Å². The molecule has 4 rings (SSSR count). The zero-order chi connectivity index (χ0) is 17.1. The Labute approximate surface area is 156 Å². The van der Waals surface area contributed by atoms with Crippen molar-refractivity contribution in [2.45, 2.75) is 11.2 Å². The second-order valence-corrected chi connectivity index (χ2v) is 7.33. The molecular weight excluding hydrogens is 370 g/mol. The zero-order valence-electron chi connectivity index (χ0n) is 13.8. The first-order chi connectivity index (χ1) is 12.3. The van der Waals surface area contributed by atoms with Crippen molar-refractivity contribution in [2.75, 3.05) is 0 Å². The van der Waals surface area contributed by atoms with Crippen molar-refractivity contribution in [2.24, 2.45) is 0 Å². The lowest BCUT2D eigenvalue weighted by atomic mass is 9.95.